The second-order valence-electron chi connectivity index (χ2n) is 7.57. The van der Waals surface area contributed by atoms with Crippen molar-refractivity contribution in [3.05, 3.63) is 60.8 Å². The van der Waals surface area contributed by atoms with Gasteiger partial charge in [-0.15, -0.1) is 11.8 Å². The maximum Gasteiger partial charge on any atom is 0.288 e. The molecule has 1 aliphatic carbocycles. The molecule has 5 nitrogen and oxygen atoms in total. The van der Waals surface area contributed by atoms with Crippen molar-refractivity contribution in [3.63, 3.8) is 0 Å². The van der Waals surface area contributed by atoms with E-state index in [1.165, 1.54) is 6.07 Å². The number of nitro benzene ring substituents is 1. The van der Waals surface area contributed by atoms with Crippen molar-refractivity contribution < 1.29 is 9.72 Å². The van der Waals surface area contributed by atoms with E-state index in [2.05, 4.69) is 5.32 Å². The lowest BCUT2D eigenvalue weighted by atomic mass is 9.69. The van der Waals surface area contributed by atoms with Gasteiger partial charge in [-0.2, -0.15) is 0 Å². The molecule has 136 valence electrons. The average molecular weight is 391 g/mol. The number of nitrogens with one attached hydrogen (secondary N) is 1. The van der Waals surface area contributed by atoms with Crippen LogP contribution in [0.25, 0.3) is 0 Å². The van der Waals surface area contributed by atoms with E-state index < -0.39 is 10.3 Å². The number of ketones is 1. The zero-order valence-electron chi connectivity index (χ0n) is 14.6. The van der Waals surface area contributed by atoms with Crippen LogP contribution in [0.5, 0.6) is 0 Å². The van der Waals surface area contributed by atoms with Crippen LogP contribution in [0.1, 0.15) is 44.6 Å². The number of Topliss-reactive ketones (excluding diaryl/α,β-unsaturated/α-hetero) is 1. The van der Waals surface area contributed by atoms with Gasteiger partial charge in [0.25, 0.3) is 5.69 Å². The Balaban J connectivity index is 1.89. The van der Waals surface area contributed by atoms with Crippen LogP contribution in [0, 0.1) is 15.5 Å². The van der Waals surface area contributed by atoms with Gasteiger partial charge in [0, 0.05) is 45.0 Å². The van der Waals surface area contributed by atoms with Crippen LogP contribution in [-0.2, 0) is 4.79 Å². The Morgan fingerprint density at radius 1 is 1.31 bits per heavy atom. The van der Waals surface area contributed by atoms with Gasteiger partial charge in [-0.05, 0) is 30.9 Å². The fraction of sp³-hybridized carbons (Fsp3) is 0.421. The van der Waals surface area contributed by atoms with Crippen LogP contribution in [0.3, 0.4) is 0 Å². The number of carbonyl (C=O) groups excluding carboxylic acids is 1. The first-order chi connectivity index (χ1) is 12.3. The topological polar surface area (TPSA) is 72.2 Å². The molecule has 1 aromatic carbocycles. The molecule has 1 N–H and O–H groups in total. The number of nitrogens with zero attached hydrogens (tertiary/aromatic N) is 1. The molecule has 0 spiro atoms. The summed E-state index contributed by atoms with van der Waals surface area (Å²) in [6.07, 6.45) is 2.56. The van der Waals surface area contributed by atoms with Gasteiger partial charge in [0.05, 0.1) is 4.92 Å². The number of dihydropyridines is 1. The summed E-state index contributed by atoms with van der Waals surface area (Å²) in [5.74, 6) is 0.854. The van der Waals surface area contributed by atoms with E-state index in [0.29, 0.717) is 0 Å². The van der Waals surface area contributed by atoms with Crippen LogP contribution in [-0.4, -0.2) is 16.5 Å². The summed E-state index contributed by atoms with van der Waals surface area (Å²) in [5.41, 5.74) is 3.15. The maximum atomic E-state index is 13.2. The van der Waals surface area contributed by atoms with Gasteiger partial charge in [-0.25, -0.2) is 0 Å². The van der Waals surface area contributed by atoms with E-state index >= 15 is 0 Å². The summed E-state index contributed by atoms with van der Waals surface area (Å²) in [4.78, 5) is 25.2. The van der Waals surface area contributed by atoms with Crippen LogP contribution < -0.4 is 5.32 Å². The number of allylic oxidation sites excluding steroid dienone is 4. The standard InChI is InChI=1S/C19H19ClN2O3S/c1-19(2)7-5-12-16(18(19)23)15(17-13(21-12)6-8-26-17)10-3-4-11(20)14(9-10)22(24)25/h3-4,9,15,21H,5-8H2,1-2H3. The van der Waals surface area contributed by atoms with E-state index in [1.807, 2.05) is 19.9 Å². The van der Waals surface area contributed by atoms with Crippen LogP contribution in [0.2, 0.25) is 5.02 Å². The normalized spacial score (nSPS) is 24.3. The Morgan fingerprint density at radius 2 is 2.08 bits per heavy atom. The highest BCUT2D eigenvalue weighted by Crippen LogP contribution is 2.52. The van der Waals surface area contributed by atoms with E-state index in [-0.39, 0.29) is 22.4 Å². The lowest BCUT2D eigenvalue weighted by Crippen LogP contribution is -2.38. The molecule has 0 amide bonds. The van der Waals surface area contributed by atoms with E-state index in [0.717, 1.165) is 52.5 Å². The van der Waals surface area contributed by atoms with E-state index in [9.17, 15) is 14.9 Å². The Labute approximate surface area is 161 Å². The number of halogens is 1. The van der Waals surface area contributed by atoms with Crippen LogP contribution in [0.15, 0.2) is 40.1 Å². The average Bonchev–Trinajstić information content (AvgIpc) is 3.05. The Bertz CT molecular complexity index is 904. The molecule has 0 bridgehead atoms. The Kier molecular flexibility index (Phi) is 4.15. The third kappa shape index (κ3) is 2.67. The highest BCUT2D eigenvalue weighted by molar-refractivity contribution is 8.03. The summed E-state index contributed by atoms with van der Waals surface area (Å²) in [7, 11) is 0. The van der Waals surface area contributed by atoms with E-state index in [1.54, 1.807) is 17.8 Å². The van der Waals surface area contributed by atoms with Crippen LogP contribution >= 0.6 is 23.4 Å². The number of rotatable bonds is 2. The molecular formula is C19H19ClN2O3S. The van der Waals surface area contributed by atoms with Crippen LogP contribution in [0.4, 0.5) is 5.69 Å². The molecule has 0 aromatic heterocycles. The largest absolute Gasteiger partial charge is 0.361 e. The first-order valence-electron chi connectivity index (χ1n) is 8.64. The second kappa shape index (κ2) is 6.13. The Morgan fingerprint density at radius 3 is 2.81 bits per heavy atom. The molecule has 0 saturated carbocycles. The monoisotopic (exact) mass is 390 g/mol. The summed E-state index contributed by atoms with van der Waals surface area (Å²) in [6, 6.07) is 4.91. The fourth-order valence-corrected chi connectivity index (χ4v) is 5.42. The van der Waals surface area contributed by atoms with Gasteiger partial charge in [-0.3, -0.25) is 14.9 Å². The molecule has 1 atom stereocenters. The molecule has 2 heterocycles. The molecule has 1 aromatic rings. The maximum absolute atomic E-state index is 13.2. The zero-order valence-corrected chi connectivity index (χ0v) is 16.2. The second-order valence-corrected chi connectivity index (χ2v) is 9.12. The van der Waals surface area contributed by atoms with Crippen molar-refractivity contribution in [2.24, 2.45) is 5.41 Å². The minimum absolute atomic E-state index is 0.113. The lowest BCUT2D eigenvalue weighted by molar-refractivity contribution is -0.384. The number of carbonyl (C=O) groups is 1. The molecule has 0 saturated heterocycles. The van der Waals surface area contributed by atoms with Gasteiger partial charge in [0.2, 0.25) is 0 Å². The first kappa shape index (κ1) is 17.6. The molecule has 26 heavy (non-hydrogen) atoms. The van der Waals surface area contributed by atoms with Crippen molar-refractivity contribution >= 4 is 34.8 Å². The third-order valence-electron chi connectivity index (χ3n) is 5.44. The van der Waals surface area contributed by atoms with Crippen molar-refractivity contribution in [1.82, 2.24) is 5.32 Å². The summed E-state index contributed by atoms with van der Waals surface area (Å²) in [6.45, 7) is 3.96. The summed E-state index contributed by atoms with van der Waals surface area (Å²) in [5, 5.41) is 15.0. The Hall–Kier alpha value is -1.79. The highest BCUT2D eigenvalue weighted by atomic mass is 35.5. The predicted molar refractivity (Wildman–Crippen MR) is 103 cm³/mol. The number of hydrogen-bond acceptors (Lipinski definition) is 5. The number of thioether (sulfide) groups is 1. The number of hydrogen-bond donors (Lipinski definition) is 1. The highest BCUT2D eigenvalue weighted by Gasteiger charge is 2.44. The number of benzene rings is 1. The quantitative estimate of drug-likeness (QED) is 0.572. The number of nitro groups is 1. The molecule has 3 aliphatic rings. The van der Waals surface area contributed by atoms with Gasteiger partial charge < -0.3 is 5.32 Å². The molecule has 0 radical (unpaired) electrons. The summed E-state index contributed by atoms with van der Waals surface area (Å²) >= 11 is 7.74. The SMILES string of the molecule is CC1(C)CCC2=C(C1=O)C(c1ccc(Cl)c([N+](=O)[O-])c1)C1=C(CCS1)N2. The first-order valence-corrected chi connectivity index (χ1v) is 10.0. The smallest absolute Gasteiger partial charge is 0.288 e. The minimum Gasteiger partial charge on any atom is -0.361 e. The summed E-state index contributed by atoms with van der Waals surface area (Å²) < 4.78 is 0. The lowest BCUT2D eigenvalue weighted by Gasteiger charge is -2.39. The van der Waals surface area contributed by atoms with Gasteiger partial charge in [0.15, 0.2) is 5.78 Å². The molecule has 7 heteroatoms. The van der Waals surface area contributed by atoms with Crippen molar-refractivity contribution in [2.75, 3.05) is 5.75 Å². The molecular weight excluding hydrogens is 372 g/mol. The van der Waals surface area contributed by atoms with Crippen molar-refractivity contribution in [3.8, 4) is 0 Å². The predicted octanol–water partition coefficient (Wildman–Crippen LogP) is 4.93. The van der Waals surface area contributed by atoms with Crippen molar-refractivity contribution in [1.29, 1.82) is 0 Å². The fourth-order valence-electron chi connectivity index (χ4n) is 3.96. The van der Waals surface area contributed by atoms with Crippen molar-refractivity contribution in [2.45, 2.75) is 39.0 Å². The molecule has 2 aliphatic heterocycles. The molecule has 4 rings (SSSR count). The zero-order chi connectivity index (χ0) is 18.6. The van der Waals surface area contributed by atoms with Gasteiger partial charge in [-0.1, -0.05) is 31.5 Å². The van der Waals surface area contributed by atoms with E-state index in [4.69, 9.17) is 11.6 Å². The molecule has 1 unspecified atom stereocenters. The minimum atomic E-state index is -0.466. The third-order valence-corrected chi connectivity index (χ3v) is 6.97. The van der Waals surface area contributed by atoms with Gasteiger partial charge in [0.1, 0.15) is 5.02 Å². The molecule has 0 fully saturated rings. The van der Waals surface area contributed by atoms with Gasteiger partial charge >= 0.3 is 0 Å².